The largest absolute Gasteiger partial charge is 0.451 e. The summed E-state index contributed by atoms with van der Waals surface area (Å²) in [7, 11) is -2.90. The van der Waals surface area contributed by atoms with Crippen LogP contribution in [0.15, 0.2) is 413 Å². The summed E-state index contributed by atoms with van der Waals surface area (Å²) in [5.74, 6) is -2.52. The van der Waals surface area contributed by atoms with Crippen LogP contribution >= 0.6 is 43.3 Å². The molecule has 0 atom stereocenters. The summed E-state index contributed by atoms with van der Waals surface area (Å²) in [6, 6.07) is 133. The molecule has 0 radical (unpaired) electrons. The Bertz CT molecular complexity index is 4950. The Labute approximate surface area is 762 Å². The van der Waals surface area contributed by atoms with Gasteiger partial charge in [-0.1, -0.05) is 403 Å². The molecule has 0 spiro atoms. The number of anilines is 1. The summed E-state index contributed by atoms with van der Waals surface area (Å²) < 4.78 is 49.6. The van der Waals surface area contributed by atoms with Gasteiger partial charge in [0.15, 0.2) is 0 Å². The van der Waals surface area contributed by atoms with Gasteiger partial charge in [0.25, 0.3) is 11.4 Å². The van der Waals surface area contributed by atoms with Gasteiger partial charge in [-0.3, -0.25) is 45.3 Å². The van der Waals surface area contributed by atoms with Gasteiger partial charge in [-0.25, -0.2) is 22.5 Å². The molecule has 4 N–H and O–H groups in total. The maximum atomic E-state index is 12.5. The van der Waals surface area contributed by atoms with E-state index in [9.17, 15) is 47.9 Å². The smallest absolute Gasteiger partial charge is 0.427 e. The van der Waals surface area contributed by atoms with Gasteiger partial charge in [0.05, 0.1) is 69.1 Å². The van der Waals surface area contributed by atoms with Crippen molar-refractivity contribution in [1.29, 1.82) is 0 Å². The van der Waals surface area contributed by atoms with E-state index in [1.165, 1.54) is 75.9 Å². The van der Waals surface area contributed by atoms with Crippen LogP contribution in [0.4, 0.5) is 40.3 Å². The molecule has 16 nitrogen and oxygen atoms in total. The summed E-state index contributed by atoms with van der Waals surface area (Å²) in [5.41, 5.74) is 6.20. The number of nitrogens with two attached hydrogens (primary N) is 1. The predicted molar refractivity (Wildman–Crippen MR) is 516 cm³/mol. The Kier molecular flexibility index (Phi) is 45.3. The predicted octanol–water partition coefficient (Wildman–Crippen LogP) is 19.8. The zero-order valence-electron chi connectivity index (χ0n) is 69.7. The van der Waals surface area contributed by atoms with E-state index in [2.05, 4.69) is 384 Å². The van der Waals surface area contributed by atoms with Crippen LogP contribution in [-0.4, -0.2) is 51.9 Å². The maximum absolute atomic E-state index is 12.5. The van der Waals surface area contributed by atoms with Crippen LogP contribution in [0.1, 0.15) is 44.8 Å². The summed E-state index contributed by atoms with van der Waals surface area (Å²) in [5, 5.41) is 63.1. The SMILES string of the molecule is CCB(O)O.CCc1ncc(F)cc1N.CCc1ncc(F)cc1[N+](=O)[O-].CCc1ncc(F)cc1[N+](=O)[O-].O=[N+]([O-])c1cc(F)cnc1Cl.[Pd].c1ccc(P(c2ccccc2)c2ccccc2)cc1.c1ccc(P(c2ccccc2)c2ccccc2)cc1.c1ccc(P(c2ccccc2)c2ccccc2)cc1.c1ccc(P(c2ccccc2)c2ccccc2)cc1. The van der Waals surface area contributed by atoms with E-state index in [-0.39, 0.29) is 42.8 Å². The maximum Gasteiger partial charge on any atom is 0.451 e. The van der Waals surface area contributed by atoms with Crippen LogP contribution in [0.25, 0.3) is 0 Å². The average Bonchev–Trinajstić information content (AvgIpc) is 0.826. The van der Waals surface area contributed by atoms with Gasteiger partial charge in [-0.2, -0.15) is 0 Å². The molecular weight excluding hydrogens is 1790 g/mol. The van der Waals surface area contributed by atoms with Crippen molar-refractivity contribution in [3.63, 3.8) is 0 Å². The first-order valence-electron chi connectivity index (χ1n) is 39.8. The Morgan fingerprint density at radius 2 is 0.457 bits per heavy atom. The van der Waals surface area contributed by atoms with Gasteiger partial charge < -0.3 is 15.8 Å². The van der Waals surface area contributed by atoms with Crippen molar-refractivity contribution in [1.82, 2.24) is 19.9 Å². The van der Waals surface area contributed by atoms with Crippen molar-refractivity contribution in [3.05, 3.63) is 489 Å². The van der Waals surface area contributed by atoms with E-state index >= 15 is 0 Å². The third kappa shape index (κ3) is 34.1. The Hall–Kier alpha value is -12.4. The summed E-state index contributed by atoms with van der Waals surface area (Å²) in [4.78, 5) is 42.9. The monoisotopic (exact) mass is 1880 g/mol. The molecule has 0 aliphatic carbocycles. The molecule has 4 heterocycles. The number of nitrogen functional groups attached to an aromatic ring is 1. The molecule has 27 heteroatoms. The number of halogens is 5. The van der Waals surface area contributed by atoms with E-state index in [1.807, 2.05) is 6.92 Å². The zero-order valence-corrected chi connectivity index (χ0v) is 75.6. The zero-order chi connectivity index (χ0) is 90.2. The molecule has 648 valence electrons. The van der Waals surface area contributed by atoms with Crippen LogP contribution in [0.5, 0.6) is 0 Å². The fourth-order valence-electron chi connectivity index (χ4n) is 11.8. The van der Waals surface area contributed by atoms with E-state index in [0.29, 0.717) is 36.2 Å². The molecule has 0 saturated heterocycles. The molecule has 16 rings (SSSR count). The standard InChI is InChI=1S/4C18H15P.2C7H7FN2O2.C7H9FN2.C5H2ClFN2O2.C2H7BO2.Pd/c4*1-4-10-16(11-5-1)19(17-12-6-2-7-13-17)18-14-8-3-9-15-18;2*1-2-6-7(10(11)12)3-5(8)4-9-6;1-2-7-6(9)3-5(8)4-10-7;6-5-4(9(10)11)1-3(7)2-8-5;1-2-3(4)5;/h4*1-15H;2*3-4H,2H2,1H3;3-4H,2,9H2,1H3;1-2H;4-5H,2H2,1H3;. The van der Waals surface area contributed by atoms with E-state index in [4.69, 9.17) is 27.4 Å². The van der Waals surface area contributed by atoms with Gasteiger partial charge in [0.2, 0.25) is 5.15 Å². The second kappa shape index (κ2) is 56.6. The van der Waals surface area contributed by atoms with E-state index in [1.54, 1.807) is 20.8 Å². The van der Waals surface area contributed by atoms with Crippen molar-refractivity contribution >= 4 is 137 Å². The molecule has 0 aliphatic rings. The second-order valence-electron chi connectivity index (χ2n) is 26.5. The average molecular weight is 1890 g/mol. The van der Waals surface area contributed by atoms with E-state index in [0.717, 1.165) is 48.9 Å². The van der Waals surface area contributed by atoms with Crippen molar-refractivity contribution in [2.45, 2.75) is 53.3 Å². The third-order valence-corrected chi connectivity index (χ3v) is 27.8. The molecule has 0 saturated carbocycles. The van der Waals surface area contributed by atoms with Gasteiger partial charge in [-0.05, 0) is 121 Å². The molecule has 16 aromatic rings. The van der Waals surface area contributed by atoms with Gasteiger partial charge in [0.1, 0.15) is 34.7 Å². The molecule has 0 bridgehead atoms. The first-order valence-corrected chi connectivity index (χ1v) is 45.6. The molecule has 12 aromatic carbocycles. The first kappa shape index (κ1) is 102. The molecule has 0 fully saturated rings. The van der Waals surface area contributed by atoms with Gasteiger partial charge >= 0.3 is 12.8 Å². The number of benzene rings is 12. The Morgan fingerprint density at radius 3 is 0.606 bits per heavy atom. The number of hydrogen-bond acceptors (Lipinski definition) is 13. The number of nitro groups is 3. The minimum Gasteiger partial charge on any atom is -0.427 e. The normalized spacial score (nSPS) is 10.1. The van der Waals surface area contributed by atoms with Crippen molar-refractivity contribution < 1.29 is 62.8 Å². The molecular formula is C100H92BClF4N8O8P4Pd. The molecule has 0 aliphatic heterocycles. The summed E-state index contributed by atoms with van der Waals surface area (Å²) >= 11 is 5.27. The van der Waals surface area contributed by atoms with Crippen LogP contribution < -0.4 is 69.4 Å². The number of hydrogen-bond donors (Lipinski definition) is 3. The topological polar surface area (TPSA) is 247 Å². The van der Waals surface area contributed by atoms with Crippen LogP contribution in [0, 0.1) is 53.6 Å². The number of nitrogens with zero attached hydrogens (tertiary/aromatic N) is 7. The Morgan fingerprint density at radius 1 is 0.299 bits per heavy atom. The molecule has 0 unspecified atom stereocenters. The third-order valence-electron chi connectivity index (χ3n) is 17.7. The molecule has 127 heavy (non-hydrogen) atoms. The van der Waals surface area contributed by atoms with Crippen molar-refractivity contribution in [2.24, 2.45) is 0 Å². The Balaban J connectivity index is 0.000000199. The second-order valence-corrected chi connectivity index (χ2v) is 35.7. The summed E-state index contributed by atoms with van der Waals surface area (Å²) in [6.45, 7) is 7.09. The van der Waals surface area contributed by atoms with Crippen LogP contribution in [-0.2, 0) is 39.7 Å². The van der Waals surface area contributed by atoms with Crippen LogP contribution in [0.2, 0.25) is 11.5 Å². The first-order chi connectivity index (χ1) is 61.2. The molecule has 4 aromatic heterocycles. The fraction of sp³-hybridized carbons (Fsp3) is 0.0800. The minimum absolute atomic E-state index is 0. The molecule has 0 amide bonds. The summed E-state index contributed by atoms with van der Waals surface area (Å²) in [6.07, 6.45) is 5.96. The van der Waals surface area contributed by atoms with E-state index < -0.39 is 76.7 Å². The number of aromatic nitrogens is 4. The number of aryl methyl sites for hydroxylation is 3. The fourth-order valence-corrected chi connectivity index (χ4v) is 21.2. The van der Waals surface area contributed by atoms with Gasteiger partial charge in [-0.15, -0.1) is 0 Å². The van der Waals surface area contributed by atoms with Gasteiger partial charge in [0, 0.05) is 26.5 Å². The number of rotatable bonds is 19. The van der Waals surface area contributed by atoms with Crippen LogP contribution in [0.3, 0.4) is 0 Å². The van der Waals surface area contributed by atoms with Crippen molar-refractivity contribution in [3.8, 4) is 0 Å². The number of pyridine rings is 4. The minimum atomic E-state index is -1.12. The van der Waals surface area contributed by atoms with Crippen molar-refractivity contribution in [2.75, 3.05) is 5.73 Å². The quantitative estimate of drug-likeness (QED) is 0.0170.